The minimum Gasteiger partial charge on any atom is -0.347 e. The number of hydrogen-bond donors (Lipinski definition) is 2. The Labute approximate surface area is 161 Å². The van der Waals surface area contributed by atoms with Crippen LogP contribution in [0.5, 0.6) is 0 Å². The Kier molecular flexibility index (Phi) is 5.78. The predicted octanol–water partition coefficient (Wildman–Crippen LogP) is 4.01. The van der Waals surface area contributed by atoms with Crippen LogP contribution in [0, 0.1) is 0 Å². The molecule has 27 heavy (non-hydrogen) atoms. The van der Waals surface area contributed by atoms with E-state index >= 15 is 0 Å². The quantitative estimate of drug-likeness (QED) is 0.631. The second-order valence-corrected chi connectivity index (χ2v) is 6.29. The van der Waals surface area contributed by atoms with Crippen molar-refractivity contribution in [2.24, 2.45) is 0 Å². The van der Waals surface area contributed by atoms with Crippen molar-refractivity contribution in [3.8, 4) is 0 Å². The normalized spacial score (nSPS) is 10.3. The van der Waals surface area contributed by atoms with Gasteiger partial charge in [-0.15, -0.1) is 0 Å². The first-order chi connectivity index (χ1) is 13.0. The number of benzene rings is 2. The molecule has 3 aromatic rings. The number of aromatic nitrogens is 2. The average molecular weight is 381 g/mol. The fourth-order valence-electron chi connectivity index (χ4n) is 2.35. The van der Waals surface area contributed by atoms with Crippen LogP contribution in [0.1, 0.15) is 33.3 Å². The summed E-state index contributed by atoms with van der Waals surface area (Å²) in [6, 6.07) is 14.3. The van der Waals surface area contributed by atoms with Gasteiger partial charge in [0.15, 0.2) is 5.78 Å². The van der Waals surface area contributed by atoms with Crippen molar-refractivity contribution >= 4 is 34.8 Å². The first kappa shape index (κ1) is 18.5. The van der Waals surface area contributed by atoms with Crippen LogP contribution in [-0.4, -0.2) is 21.7 Å². The Hall–Kier alpha value is -3.25. The molecule has 3 rings (SSSR count). The van der Waals surface area contributed by atoms with E-state index in [9.17, 15) is 9.59 Å². The maximum atomic E-state index is 12.2. The first-order valence-electron chi connectivity index (χ1n) is 8.24. The Morgan fingerprint density at radius 2 is 1.81 bits per heavy atom. The van der Waals surface area contributed by atoms with Gasteiger partial charge in [-0.2, -0.15) is 0 Å². The van der Waals surface area contributed by atoms with E-state index < -0.39 is 0 Å². The van der Waals surface area contributed by atoms with E-state index in [-0.39, 0.29) is 17.4 Å². The molecular weight excluding hydrogens is 364 g/mol. The van der Waals surface area contributed by atoms with Gasteiger partial charge in [-0.1, -0.05) is 35.9 Å². The van der Waals surface area contributed by atoms with Crippen molar-refractivity contribution in [3.05, 3.63) is 82.8 Å². The summed E-state index contributed by atoms with van der Waals surface area (Å²) in [4.78, 5) is 32.0. The van der Waals surface area contributed by atoms with E-state index in [1.165, 1.54) is 19.3 Å². The van der Waals surface area contributed by atoms with Crippen LogP contribution in [0.15, 0.2) is 60.9 Å². The molecule has 0 saturated heterocycles. The van der Waals surface area contributed by atoms with Gasteiger partial charge in [0.05, 0.1) is 12.4 Å². The Morgan fingerprint density at radius 1 is 1.04 bits per heavy atom. The molecule has 0 aliphatic heterocycles. The lowest BCUT2D eigenvalue weighted by Crippen LogP contribution is -2.24. The maximum absolute atomic E-state index is 12.2. The second kappa shape index (κ2) is 8.42. The number of nitrogens with one attached hydrogen (secondary N) is 2. The lowest BCUT2D eigenvalue weighted by molar-refractivity contribution is 0.0944. The van der Waals surface area contributed by atoms with Gasteiger partial charge >= 0.3 is 0 Å². The molecule has 136 valence electrons. The highest BCUT2D eigenvalue weighted by atomic mass is 35.5. The molecule has 1 heterocycles. The molecule has 2 aromatic carbocycles. The molecule has 0 spiro atoms. The van der Waals surface area contributed by atoms with Gasteiger partial charge in [0.25, 0.3) is 5.91 Å². The number of nitrogens with zero attached hydrogens (tertiary/aromatic N) is 2. The van der Waals surface area contributed by atoms with Gasteiger partial charge in [-0.25, -0.2) is 9.97 Å². The number of halogens is 1. The van der Waals surface area contributed by atoms with Crippen LogP contribution in [0.3, 0.4) is 0 Å². The van der Waals surface area contributed by atoms with Crippen LogP contribution >= 0.6 is 11.6 Å². The van der Waals surface area contributed by atoms with Crippen LogP contribution in [0.4, 0.5) is 11.5 Å². The first-order valence-corrected chi connectivity index (χ1v) is 8.62. The molecule has 0 aliphatic carbocycles. The highest BCUT2D eigenvalue weighted by Crippen LogP contribution is 2.16. The molecule has 0 radical (unpaired) electrons. The van der Waals surface area contributed by atoms with Crippen molar-refractivity contribution in [3.63, 3.8) is 0 Å². The summed E-state index contributed by atoms with van der Waals surface area (Å²) >= 11 is 5.84. The highest BCUT2D eigenvalue weighted by molar-refractivity contribution is 6.30. The van der Waals surface area contributed by atoms with Crippen LogP contribution in [0.2, 0.25) is 5.02 Å². The lowest BCUT2D eigenvalue weighted by Gasteiger charge is -2.08. The summed E-state index contributed by atoms with van der Waals surface area (Å²) < 4.78 is 0. The van der Waals surface area contributed by atoms with E-state index in [0.29, 0.717) is 22.9 Å². The maximum Gasteiger partial charge on any atom is 0.271 e. The number of ketones is 1. The highest BCUT2D eigenvalue weighted by Gasteiger charge is 2.08. The van der Waals surface area contributed by atoms with Crippen molar-refractivity contribution < 1.29 is 9.59 Å². The standard InChI is InChI=1S/C20H17ClN4O2/c1-13(26)15-3-2-4-17(9-15)25-19-12-22-18(11-23-19)20(27)24-10-14-5-7-16(21)8-6-14/h2-9,11-12H,10H2,1H3,(H,23,25)(H,24,27). The van der Waals surface area contributed by atoms with Gasteiger partial charge in [0.1, 0.15) is 11.5 Å². The summed E-state index contributed by atoms with van der Waals surface area (Å²) in [5.41, 5.74) is 2.47. The Balaban J connectivity index is 1.61. The van der Waals surface area contributed by atoms with E-state index in [1.807, 2.05) is 18.2 Å². The molecule has 0 bridgehead atoms. The molecular formula is C20H17ClN4O2. The third kappa shape index (κ3) is 5.12. The Morgan fingerprint density at radius 3 is 2.48 bits per heavy atom. The lowest BCUT2D eigenvalue weighted by atomic mass is 10.1. The van der Waals surface area contributed by atoms with E-state index in [0.717, 1.165) is 11.3 Å². The fraction of sp³-hybridized carbons (Fsp3) is 0.100. The van der Waals surface area contributed by atoms with Crippen LogP contribution in [-0.2, 0) is 6.54 Å². The van der Waals surface area contributed by atoms with Crippen molar-refractivity contribution in [1.29, 1.82) is 0 Å². The summed E-state index contributed by atoms with van der Waals surface area (Å²) in [6.45, 7) is 1.88. The molecule has 0 unspecified atom stereocenters. The van der Waals surface area contributed by atoms with Crippen molar-refractivity contribution in [1.82, 2.24) is 15.3 Å². The minimum atomic E-state index is -0.317. The summed E-state index contributed by atoms with van der Waals surface area (Å²) in [6.07, 6.45) is 2.87. The summed E-state index contributed by atoms with van der Waals surface area (Å²) in [5.74, 6) is 0.143. The van der Waals surface area contributed by atoms with Crippen LogP contribution < -0.4 is 10.6 Å². The second-order valence-electron chi connectivity index (χ2n) is 5.86. The Bertz CT molecular complexity index is 956. The number of amides is 1. The van der Waals surface area contributed by atoms with Gasteiger partial charge in [0.2, 0.25) is 0 Å². The molecule has 7 heteroatoms. The smallest absolute Gasteiger partial charge is 0.271 e. The van der Waals surface area contributed by atoms with E-state index in [1.54, 1.807) is 30.3 Å². The van der Waals surface area contributed by atoms with Gasteiger partial charge in [-0.05, 0) is 36.8 Å². The van der Waals surface area contributed by atoms with Crippen molar-refractivity contribution in [2.45, 2.75) is 13.5 Å². The molecule has 0 fully saturated rings. The minimum absolute atomic E-state index is 0.0163. The monoisotopic (exact) mass is 380 g/mol. The fourth-order valence-corrected chi connectivity index (χ4v) is 2.47. The summed E-state index contributed by atoms with van der Waals surface area (Å²) in [7, 11) is 0. The number of carbonyl (C=O) groups excluding carboxylic acids is 2. The largest absolute Gasteiger partial charge is 0.347 e. The van der Waals surface area contributed by atoms with Gasteiger partial charge < -0.3 is 10.6 Å². The van der Waals surface area contributed by atoms with Crippen molar-refractivity contribution in [2.75, 3.05) is 5.32 Å². The number of carbonyl (C=O) groups is 2. The molecule has 2 N–H and O–H groups in total. The number of Topliss-reactive ketones (excluding diaryl/α,β-unsaturated/α-hetero) is 1. The molecule has 0 aliphatic rings. The number of anilines is 2. The molecule has 0 saturated carbocycles. The molecule has 1 amide bonds. The molecule has 1 aromatic heterocycles. The zero-order chi connectivity index (χ0) is 19.2. The predicted molar refractivity (Wildman–Crippen MR) is 104 cm³/mol. The van der Waals surface area contributed by atoms with Gasteiger partial charge in [-0.3, -0.25) is 9.59 Å². The van der Waals surface area contributed by atoms with Crippen LogP contribution in [0.25, 0.3) is 0 Å². The van der Waals surface area contributed by atoms with Gasteiger partial charge in [0, 0.05) is 22.8 Å². The summed E-state index contributed by atoms with van der Waals surface area (Å²) in [5, 5.41) is 6.49. The third-order valence-electron chi connectivity index (χ3n) is 3.79. The molecule has 0 atom stereocenters. The molecule has 6 nitrogen and oxygen atoms in total. The average Bonchev–Trinajstić information content (AvgIpc) is 2.68. The number of hydrogen-bond acceptors (Lipinski definition) is 5. The zero-order valence-corrected chi connectivity index (χ0v) is 15.3. The third-order valence-corrected chi connectivity index (χ3v) is 4.04. The number of rotatable bonds is 6. The van der Waals surface area contributed by atoms with E-state index in [4.69, 9.17) is 11.6 Å². The zero-order valence-electron chi connectivity index (χ0n) is 14.6. The SMILES string of the molecule is CC(=O)c1cccc(Nc2cnc(C(=O)NCc3ccc(Cl)cc3)cn2)c1. The topological polar surface area (TPSA) is 84.0 Å². The van der Waals surface area contributed by atoms with E-state index in [2.05, 4.69) is 20.6 Å².